The minimum atomic E-state index is 0. The third kappa shape index (κ3) is 4.64. The summed E-state index contributed by atoms with van der Waals surface area (Å²) in [5.41, 5.74) is 6.26. The predicted molar refractivity (Wildman–Crippen MR) is 104 cm³/mol. The maximum Gasteiger partial charge on any atom is 0.188 e. The minimum Gasteiger partial charge on any atom is -0.379 e. The van der Waals surface area contributed by atoms with E-state index in [0.717, 1.165) is 45.3 Å². The number of guanidine groups is 1. The zero-order valence-corrected chi connectivity index (χ0v) is 16.4. The lowest BCUT2D eigenvalue weighted by Crippen LogP contribution is -2.56. The van der Waals surface area contributed by atoms with Crippen LogP contribution in [0.2, 0.25) is 0 Å². The third-order valence-corrected chi connectivity index (χ3v) is 6.34. The summed E-state index contributed by atoms with van der Waals surface area (Å²) in [4.78, 5) is 7.25. The number of ether oxygens (including phenoxy) is 1. The van der Waals surface area contributed by atoms with E-state index >= 15 is 0 Å². The summed E-state index contributed by atoms with van der Waals surface area (Å²) in [7, 11) is 0. The summed E-state index contributed by atoms with van der Waals surface area (Å²) in [6.45, 7) is 5.59. The van der Waals surface area contributed by atoms with Gasteiger partial charge in [-0.3, -0.25) is 9.89 Å². The number of aliphatic imine (C=N–C) groups is 1. The molecule has 0 aromatic rings. The van der Waals surface area contributed by atoms with E-state index in [0.29, 0.717) is 5.96 Å². The van der Waals surface area contributed by atoms with Crippen molar-refractivity contribution in [1.29, 1.82) is 0 Å². The molecule has 1 saturated carbocycles. The molecule has 2 saturated heterocycles. The van der Waals surface area contributed by atoms with Gasteiger partial charge in [-0.25, -0.2) is 0 Å². The number of hydrogen-bond acceptors (Lipinski definition) is 4. The highest BCUT2D eigenvalue weighted by Gasteiger charge is 2.40. The van der Waals surface area contributed by atoms with Gasteiger partial charge in [0, 0.05) is 25.4 Å². The molecule has 2 heterocycles. The van der Waals surface area contributed by atoms with E-state index in [1.54, 1.807) is 0 Å². The van der Waals surface area contributed by atoms with Crippen LogP contribution in [0.5, 0.6) is 0 Å². The Morgan fingerprint density at radius 2 is 2.14 bits per heavy atom. The van der Waals surface area contributed by atoms with E-state index in [4.69, 9.17) is 10.5 Å². The van der Waals surface area contributed by atoms with Gasteiger partial charge in [0.05, 0.1) is 25.3 Å². The topological polar surface area (TPSA) is 62.9 Å². The van der Waals surface area contributed by atoms with Crippen molar-refractivity contribution in [2.45, 2.75) is 31.2 Å². The van der Waals surface area contributed by atoms with E-state index in [2.05, 4.69) is 15.2 Å². The van der Waals surface area contributed by atoms with Gasteiger partial charge in [-0.05, 0) is 30.9 Å². The average Bonchev–Trinajstić information content (AvgIpc) is 2.95. The second-order valence-corrected chi connectivity index (χ2v) is 7.61. The fourth-order valence-corrected chi connectivity index (χ4v) is 4.81. The lowest BCUT2D eigenvalue weighted by molar-refractivity contribution is -0.0104. The molecule has 1 unspecified atom stereocenters. The fraction of sp³-hybridized carbons (Fsp3) is 0.933. The molecule has 0 amide bonds. The van der Waals surface area contributed by atoms with E-state index < -0.39 is 0 Å². The number of hydrogen-bond donors (Lipinski definition) is 2. The molecule has 7 heteroatoms. The van der Waals surface area contributed by atoms with Gasteiger partial charge in [0.25, 0.3) is 0 Å². The van der Waals surface area contributed by atoms with E-state index in [1.165, 1.54) is 37.2 Å². The Morgan fingerprint density at radius 1 is 1.36 bits per heavy atom. The number of nitrogens with one attached hydrogen (secondary N) is 1. The smallest absolute Gasteiger partial charge is 0.188 e. The van der Waals surface area contributed by atoms with Crippen molar-refractivity contribution in [2.24, 2.45) is 16.6 Å². The van der Waals surface area contributed by atoms with Crippen molar-refractivity contribution in [2.75, 3.05) is 50.9 Å². The van der Waals surface area contributed by atoms with E-state index in [9.17, 15) is 0 Å². The van der Waals surface area contributed by atoms with Crippen LogP contribution in [-0.4, -0.2) is 67.3 Å². The Kier molecular flexibility index (Phi) is 7.56. The van der Waals surface area contributed by atoms with Crippen molar-refractivity contribution in [3.8, 4) is 0 Å². The van der Waals surface area contributed by atoms with Crippen LogP contribution >= 0.6 is 35.7 Å². The molecule has 3 aliphatic rings. The Hall–Kier alpha value is 0.270. The average molecular weight is 440 g/mol. The lowest BCUT2D eigenvalue weighted by atomic mass is 9.85. The second-order valence-electron chi connectivity index (χ2n) is 6.51. The van der Waals surface area contributed by atoms with Gasteiger partial charge >= 0.3 is 0 Å². The van der Waals surface area contributed by atoms with Crippen molar-refractivity contribution >= 4 is 41.7 Å². The molecule has 0 aromatic carbocycles. The summed E-state index contributed by atoms with van der Waals surface area (Å²) in [5.74, 6) is 3.86. The maximum absolute atomic E-state index is 6.06. The van der Waals surface area contributed by atoms with Crippen LogP contribution in [0.4, 0.5) is 0 Å². The van der Waals surface area contributed by atoms with E-state index in [1.807, 2.05) is 11.8 Å². The van der Waals surface area contributed by atoms with Crippen LogP contribution in [0, 0.1) is 5.92 Å². The first-order valence-corrected chi connectivity index (χ1v) is 9.38. The first-order chi connectivity index (χ1) is 10.3. The van der Waals surface area contributed by atoms with Crippen molar-refractivity contribution in [1.82, 2.24) is 10.2 Å². The van der Waals surface area contributed by atoms with Crippen LogP contribution in [0.1, 0.15) is 25.7 Å². The standard InChI is InChI=1S/C15H28N4OS.HI/c16-14(17-10-13-2-1-3-13)18-11-15(4-9-21-12-15)19-5-7-20-8-6-19;/h13H,1-12H2,(H3,16,17,18);1H. The highest BCUT2D eigenvalue weighted by Crippen LogP contribution is 2.34. The number of rotatable bonds is 5. The molecule has 0 bridgehead atoms. The predicted octanol–water partition coefficient (Wildman–Crippen LogP) is 1.52. The van der Waals surface area contributed by atoms with Crippen LogP contribution in [0.25, 0.3) is 0 Å². The third-order valence-electron chi connectivity index (χ3n) is 5.10. The van der Waals surface area contributed by atoms with Gasteiger partial charge in [0.2, 0.25) is 0 Å². The van der Waals surface area contributed by atoms with E-state index in [-0.39, 0.29) is 29.5 Å². The first-order valence-electron chi connectivity index (χ1n) is 8.23. The first kappa shape index (κ1) is 18.6. The molecule has 3 rings (SSSR count). The summed E-state index contributed by atoms with van der Waals surface area (Å²) < 4.78 is 5.49. The molecule has 0 spiro atoms. The maximum atomic E-state index is 6.06. The Bertz CT molecular complexity index is 367. The Balaban J connectivity index is 0.00000176. The lowest BCUT2D eigenvalue weighted by Gasteiger charge is -2.42. The number of halogens is 1. The largest absolute Gasteiger partial charge is 0.379 e. The molecule has 0 radical (unpaired) electrons. The number of nitrogens with two attached hydrogens (primary N) is 1. The van der Waals surface area contributed by atoms with Crippen molar-refractivity contribution in [3.63, 3.8) is 0 Å². The second kappa shape index (κ2) is 8.94. The normalized spacial score (nSPS) is 30.6. The van der Waals surface area contributed by atoms with Crippen LogP contribution < -0.4 is 11.1 Å². The summed E-state index contributed by atoms with van der Waals surface area (Å²) >= 11 is 2.04. The SMILES string of the molecule is I.NC(=NCC1(N2CCOCC2)CCSC1)NCC1CCC1. The van der Waals surface area contributed by atoms with Gasteiger partial charge < -0.3 is 15.8 Å². The zero-order chi connectivity index (χ0) is 14.5. The summed E-state index contributed by atoms with van der Waals surface area (Å²) in [6.07, 6.45) is 5.28. The Morgan fingerprint density at radius 3 is 2.73 bits per heavy atom. The molecule has 1 aliphatic carbocycles. The summed E-state index contributed by atoms with van der Waals surface area (Å²) in [5, 5.41) is 3.31. The molecule has 22 heavy (non-hydrogen) atoms. The van der Waals surface area contributed by atoms with Gasteiger partial charge in [-0.1, -0.05) is 6.42 Å². The van der Waals surface area contributed by atoms with Crippen LogP contribution in [0.3, 0.4) is 0 Å². The van der Waals surface area contributed by atoms with Gasteiger partial charge in [-0.2, -0.15) is 11.8 Å². The van der Waals surface area contributed by atoms with Gasteiger partial charge in [-0.15, -0.1) is 24.0 Å². The Labute approximate surface area is 155 Å². The van der Waals surface area contributed by atoms with Crippen molar-refractivity contribution < 1.29 is 4.74 Å². The molecular formula is C15H29IN4OS. The highest BCUT2D eigenvalue weighted by molar-refractivity contribution is 14.0. The molecule has 5 nitrogen and oxygen atoms in total. The van der Waals surface area contributed by atoms with Crippen LogP contribution in [-0.2, 0) is 4.74 Å². The molecule has 1 atom stereocenters. The van der Waals surface area contributed by atoms with Crippen molar-refractivity contribution in [3.05, 3.63) is 0 Å². The van der Waals surface area contributed by atoms with Gasteiger partial charge in [0.15, 0.2) is 5.96 Å². The molecule has 3 fully saturated rings. The fourth-order valence-electron chi connectivity index (χ4n) is 3.34. The number of morpholine rings is 1. The molecular weight excluding hydrogens is 411 g/mol. The highest BCUT2D eigenvalue weighted by atomic mass is 127. The van der Waals surface area contributed by atoms with Crippen LogP contribution in [0.15, 0.2) is 4.99 Å². The molecule has 3 N–H and O–H groups in total. The summed E-state index contributed by atoms with van der Waals surface area (Å²) in [6, 6.07) is 0. The monoisotopic (exact) mass is 440 g/mol. The quantitative estimate of drug-likeness (QED) is 0.386. The number of thioether (sulfide) groups is 1. The van der Waals surface area contributed by atoms with Gasteiger partial charge in [0.1, 0.15) is 0 Å². The number of nitrogens with zero attached hydrogens (tertiary/aromatic N) is 2. The minimum absolute atomic E-state index is 0. The molecule has 128 valence electrons. The molecule has 0 aromatic heterocycles. The molecule has 2 aliphatic heterocycles. The zero-order valence-electron chi connectivity index (χ0n) is 13.3.